The summed E-state index contributed by atoms with van der Waals surface area (Å²) in [6.07, 6.45) is 6.68. The van der Waals surface area contributed by atoms with E-state index in [2.05, 4.69) is 12.2 Å². The second kappa shape index (κ2) is 5.50. The predicted molar refractivity (Wildman–Crippen MR) is 62.8 cm³/mol. The van der Waals surface area contributed by atoms with Crippen molar-refractivity contribution in [2.45, 2.75) is 39.0 Å². The number of amides is 1. The van der Waals surface area contributed by atoms with Gasteiger partial charge in [0.25, 0.3) is 0 Å². The van der Waals surface area contributed by atoms with E-state index in [1.165, 1.54) is 32.1 Å². The Morgan fingerprint density at radius 3 is 2.40 bits per heavy atom. The molecule has 0 unspecified atom stereocenters. The molecule has 0 saturated heterocycles. The van der Waals surface area contributed by atoms with Crippen LogP contribution in [0.15, 0.2) is 0 Å². The number of hydrogen-bond donors (Lipinski definition) is 1. The van der Waals surface area contributed by atoms with Gasteiger partial charge in [-0.25, -0.2) is 0 Å². The Morgan fingerprint density at radius 2 is 1.87 bits per heavy atom. The monoisotopic (exact) mass is 212 g/mol. The summed E-state index contributed by atoms with van der Waals surface area (Å²) in [5, 5.41) is 3.29. The fraction of sp³-hybridized carbons (Fsp3) is 0.917. The Kier molecular flexibility index (Phi) is 4.58. The highest BCUT2D eigenvalue weighted by atomic mass is 16.2. The van der Waals surface area contributed by atoms with Gasteiger partial charge in [-0.1, -0.05) is 26.2 Å². The maximum absolute atomic E-state index is 11.4. The summed E-state index contributed by atoms with van der Waals surface area (Å²) in [5.41, 5.74) is 0.421. The lowest BCUT2D eigenvalue weighted by molar-refractivity contribution is -0.127. The molecule has 1 fully saturated rings. The zero-order valence-electron chi connectivity index (χ0n) is 10.3. The summed E-state index contributed by atoms with van der Waals surface area (Å²) in [6, 6.07) is 0. The lowest BCUT2D eigenvalue weighted by Gasteiger charge is -2.33. The maximum Gasteiger partial charge on any atom is 0.236 e. The summed E-state index contributed by atoms with van der Waals surface area (Å²) in [7, 11) is 3.60. The van der Waals surface area contributed by atoms with Crippen LogP contribution in [0.1, 0.15) is 39.0 Å². The molecule has 0 heterocycles. The second-order valence-electron chi connectivity index (χ2n) is 5.26. The van der Waals surface area contributed by atoms with E-state index in [0.29, 0.717) is 12.0 Å². The molecule has 1 saturated carbocycles. The third-order valence-electron chi connectivity index (χ3n) is 3.39. The number of nitrogens with one attached hydrogen (secondary N) is 1. The molecular formula is C12H24N2O. The van der Waals surface area contributed by atoms with Crippen LogP contribution in [0.25, 0.3) is 0 Å². The topological polar surface area (TPSA) is 32.3 Å². The van der Waals surface area contributed by atoms with E-state index >= 15 is 0 Å². The zero-order chi connectivity index (χ0) is 11.3. The number of rotatable bonds is 4. The van der Waals surface area contributed by atoms with Crippen LogP contribution in [0, 0.1) is 5.41 Å². The van der Waals surface area contributed by atoms with Crippen molar-refractivity contribution in [2.24, 2.45) is 5.41 Å². The second-order valence-corrected chi connectivity index (χ2v) is 5.26. The highest BCUT2D eigenvalue weighted by Crippen LogP contribution is 2.34. The Balaban J connectivity index is 2.21. The summed E-state index contributed by atoms with van der Waals surface area (Å²) in [5.74, 6) is 0.161. The fourth-order valence-electron chi connectivity index (χ4n) is 2.21. The molecule has 1 aliphatic carbocycles. The van der Waals surface area contributed by atoms with Gasteiger partial charge in [0.05, 0.1) is 6.54 Å². The quantitative estimate of drug-likeness (QED) is 0.768. The highest BCUT2D eigenvalue weighted by molar-refractivity contribution is 5.77. The summed E-state index contributed by atoms with van der Waals surface area (Å²) in [4.78, 5) is 13.0. The molecule has 1 aliphatic rings. The van der Waals surface area contributed by atoms with Crippen LogP contribution < -0.4 is 5.32 Å². The van der Waals surface area contributed by atoms with Gasteiger partial charge in [-0.2, -0.15) is 0 Å². The van der Waals surface area contributed by atoms with Gasteiger partial charge in [-0.3, -0.25) is 4.79 Å². The van der Waals surface area contributed by atoms with E-state index in [9.17, 15) is 4.79 Å². The van der Waals surface area contributed by atoms with Crippen molar-refractivity contribution < 1.29 is 4.79 Å². The van der Waals surface area contributed by atoms with E-state index in [-0.39, 0.29) is 5.91 Å². The first-order valence-corrected chi connectivity index (χ1v) is 5.94. The van der Waals surface area contributed by atoms with E-state index in [4.69, 9.17) is 0 Å². The van der Waals surface area contributed by atoms with E-state index < -0.39 is 0 Å². The van der Waals surface area contributed by atoms with Crippen LogP contribution in [-0.4, -0.2) is 38.0 Å². The van der Waals surface area contributed by atoms with Crippen molar-refractivity contribution in [3.8, 4) is 0 Å². The van der Waals surface area contributed by atoms with Crippen molar-refractivity contribution in [1.82, 2.24) is 10.2 Å². The van der Waals surface area contributed by atoms with Crippen molar-refractivity contribution in [3.05, 3.63) is 0 Å². The van der Waals surface area contributed by atoms with Crippen molar-refractivity contribution >= 4 is 5.91 Å². The van der Waals surface area contributed by atoms with Crippen molar-refractivity contribution in [1.29, 1.82) is 0 Å². The minimum atomic E-state index is 0.161. The van der Waals surface area contributed by atoms with Gasteiger partial charge in [-0.15, -0.1) is 0 Å². The van der Waals surface area contributed by atoms with E-state index in [1.807, 2.05) is 0 Å². The Hall–Kier alpha value is -0.570. The molecule has 0 atom stereocenters. The molecule has 0 aliphatic heterocycles. The molecule has 88 valence electrons. The van der Waals surface area contributed by atoms with Gasteiger partial charge in [0.15, 0.2) is 0 Å². The largest absolute Gasteiger partial charge is 0.348 e. The molecule has 0 bridgehead atoms. The molecule has 1 rings (SSSR count). The lowest BCUT2D eigenvalue weighted by atomic mass is 9.76. The first kappa shape index (κ1) is 12.5. The number of hydrogen-bond acceptors (Lipinski definition) is 2. The van der Waals surface area contributed by atoms with Crippen LogP contribution in [0.2, 0.25) is 0 Å². The molecule has 0 aromatic heterocycles. The standard InChI is InChI=1S/C12H24N2O/c1-12(7-5-4-6-8-12)10-13-9-11(15)14(2)3/h13H,4-10H2,1-3H3. The van der Waals surface area contributed by atoms with Gasteiger partial charge >= 0.3 is 0 Å². The van der Waals surface area contributed by atoms with Crippen LogP contribution in [0.5, 0.6) is 0 Å². The normalized spacial score (nSPS) is 19.9. The first-order chi connectivity index (χ1) is 7.03. The zero-order valence-corrected chi connectivity index (χ0v) is 10.3. The average molecular weight is 212 g/mol. The van der Waals surface area contributed by atoms with Gasteiger partial charge < -0.3 is 10.2 Å². The number of likely N-dealkylation sites (N-methyl/N-ethyl adjacent to an activating group) is 1. The Labute approximate surface area is 93.2 Å². The third-order valence-corrected chi connectivity index (χ3v) is 3.39. The Morgan fingerprint density at radius 1 is 1.27 bits per heavy atom. The minimum Gasteiger partial charge on any atom is -0.348 e. The van der Waals surface area contributed by atoms with E-state index in [1.54, 1.807) is 19.0 Å². The van der Waals surface area contributed by atoms with E-state index in [0.717, 1.165) is 6.54 Å². The molecule has 0 aromatic rings. The molecule has 3 heteroatoms. The average Bonchev–Trinajstić information content (AvgIpc) is 2.18. The fourth-order valence-corrected chi connectivity index (χ4v) is 2.21. The van der Waals surface area contributed by atoms with Crippen molar-refractivity contribution in [3.63, 3.8) is 0 Å². The number of carbonyl (C=O) groups is 1. The lowest BCUT2D eigenvalue weighted by Crippen LogP contribution is -2.39. The van der Waals surface area contributed by atoms with Crippen LogP contribution >= 0.6 is 0 Å². The predicted octanol–water partition coefficient (Wildman–Crippen LogP) is 1.63. The highest BCUT2D eigenvalue weighted by Gasteiger charge is 2.26. The minimum absolute atomic E-state index is 0.161. The Bertz CT molecular complexity index is 208. The molecule has 1 N–H and O–H groups in total. The molecule has 0 aromatic carbocycles. The van der Waals surface area contributed by atoms with Crippen molar-refractivity contribution in [2.75, 3.05) is 27.2 Å². The number of nitrogens with zero attached hydrogens (tertiary/aromatic N) is 1. The molecule has 0 radical (unpaired) electrons. The summed E-state index contributed by atoms with van der Waals surface area (Å²) < 4.78 is 0. The van der Waals surface area contributed by atoms with Gasteiger partial charge in [-0.05, 0) is 18.3 Å². The third kappa shape index (κ3) is 4.20. The van der Waals surface area contributed by atoms with Crippen LogP contribution in [-0.2, 0) is 4.79 Å². The summed E-state index contributed by atoms with van der Waals surface area (Å²) >= 11 is 0. The summed E-state index contributed by atoms with van der Waals surface area (Å²) in [6.45, 7) is 3.79. The van der Waals surface area contributed by atoms with Gasteiger partial charge in [0, 0.05) is 20.6 Å². The molecule has 3 nitrogen and oxygen atoms in total. The van der Waals surface area contributed by atoms with Crippen LogP contribution in [0.3, 0.4) is 0 Å². The smallest absolute Gasteiger partial charge is 0.236 e. The van der Waals surface area contributed by atoms with Gasteiger partial charge in [0.2, 0.25) is 5.91 Å². The molecule has 15 heavy (non-hydrogen) atoms. The first-order valence-electron chi connectivity index (χ1n) is 5.94. The maximum atomic E-state index is 11.4. The molecular weight excluding hydrogens is 188 g/mol. The molecule has 1 amide bonds. The van der Waals surface area contributed by atoms with Crippen LogP contribution in [0.4, 0.5) is 0 Å². The van der Waals surface area contributed by atoms with Gasteiger partial charge in [0.1, 0.15) is 0 Å². The number of carbonyl (C=O) groups excluding carboxylic acids is 1. The SMILES string of the molecule is CN(C)C(=O)CNCC1(C)CCCCC1. The molecule has 0 spiro atoms.